The van der Waals surface area contributed by atoms with Crippen molar-refractivity contribution in [3.05, 3.63) is 108 Å². The SMILES string of the molecule is CCOc1ccc2ccccc2c1C1Nc2ccccc2C(=O)N1CCc1ccccc1. The van der Waals surface area contributed by atoms with Gasteiger partial charge in [0.05, 0.1) is 12.2 Å². The molecule has 1 atom stereocenters. The first-order chi connectivity index (χ1) is 15.8. The maximum absolute atomic E-state index is 13.7. The van der Waals surface area contributed by atoms with Crippen LogP contribution in [0.5, 0.6) is 5.75 Å². The van der Waals surface area contributed by atoms with Gasteiger partial charge < -0.3 is 15.0 Å². The van der Waals surface area contributed by atoms with Gasteiger partial charge in [0.2, 0.25) is 0 Å². The van der Waals surface area contributed by atoms with Crippen molar-refractivity contribution in [2.75, 3.05) is 18.5 Å². The van der Waals surface area contributed by atoms with Crippen LogP contribution < -0.4 is 10.1 Å². The van der Waals surface area contributed by atoms with E-state index in [0.29, 0.717) is 18.7 Å². The van der Waals surface area contributed by atoms with Gasteiger partial charge in [-0.25, -0.2) is 0 Å². The quantitative estimate of drug-likeness (QED) is 0.411. The van der Waals surface area contributed by atoms with Crippen molar-refractivity contribution in [2.24, 2.45) is 0 Å². The number of carbonyl (C=O) groups excluding carboxylic acids is 1. The van der Waals surface area contributed by atoms with Crippen LogP contribution in [0.4, 0.5) is 5.69 Å². The van der Waals surface area contributed by atoms with Crippen LogP contribution in [0.25, 0.3) is 10.8 Å². The third-order valence-corrected chi connectivity index (χ3v) is 6.01. The molecule has 1 N–H and O–H groups in total. The summed E-state index contributed by atoms with van der Waals surface area (Å²) in [6.07, 6.45) is 0.454. The highest BCUT2D eigenvalue weighted by atomic mass is 16.5. The fourth-order valence-corrected chi connectivity index (χ4v) is 4.48. The van der Waals surface area contributed by atoms with E-state index in [1.54, 1.807) is 0 Å². The van der Waals surface area contributed by atoms with Crippen LogP contribution in [0, 0.1) is 0 Å². The van der Waals surface area contributed by atoms with E-state index in [0.717, 1.165) is 34.2 Å². The van der Waals surface area contributed by atoms with E-state index in [9.17, 15) is 4.79 Å². The first kappa shape index (κ1) is 20.1. The molecule has 0 aromatic heterocycles. The molecule has 0 bridgehead atoms. The van der Waals surface area contributed by atoms with Gasteiger partial charge >= 0.3 is 0 Å². The Morgan fingerprint density at radius 1 is 0.875 bits per heavy atom. The smallest absolute Gasteiger partial charge is 0.257 e. The Bertz CT molecular complexity index is 1250. The van der Waals surface area contributed by atoms with Crippen LogP contribution in [0.2, 0.25) is 0 Å². The lowest BCUT2D eigenvalue weighted by Gasteiger charge is -2.39. The Hall–Kier alpha value is -3.79. The van der Waals surface area contributed by atoms with Crippen LogP contribution in [-0.4, -0.2) is 24.0 Å². The summed E-state index contributed by atoms with van der Waals surface area (Å²) in [5.41, 5.74) is 3.77. The highest BCUT2D eigenvalue weighted by Crippen LogP contribution is 2.40. The molecule has 0 saturated carbocycles. The molecular formula is C28H26N2O2. The lowest BCUT2D eigenvalue weighted by atomic mass is 9.97. The number of ether oxygens (including phenoxy) is 1. The largest absolute Gasteiger partial charge is 0.493 e. The van der Waals surface area contributed by atoms with E-state index in [4.69, 9.17) is 4.74 Å². The fourth-order valence-electron chi connectivity index (χ4n) is 4.48. The number of para-hydroxylation sites is 1. The highest BCUT2D eigenvalue weighted by Gasteiger charge is 2.35. The highest BCUT2D eigenvalue weighted by molar-refractivity contribution is 6.02. The summed E-state index contributed by atoms with van der Waals surface area (Å²) in [5.74, 6) is 0.844. The molecule has 0 aliphatic carbocycles. The van der Waals surface area contributed by atoms with E-state index in [1.165, 1.54) is 5.56 Å². The number of fused-ring (bicyclic) bond motifs is 2. The second-order valence-corrected chi connectivity index (χ2v) is 7.96. The number of nitrogens with one attached hydrogen (secondary N) is 1. The number of hydrogen-bond donors (Lipinski definition) is 1. The molecule has 0 spiro atoms. The number of hydrogen-bond acceptors (Lipinski definition) is 3. The Labute approximate surface area is 188 Å². The number of amides is 1. The summed E-state index contributed by atoms with van der Waals surface area (Å²) in [6, 6.07) is 30.4. The topological polar surface area (TPSA) is 41.6 Å². The zero-order chi connectivity index (χ0) is 21.9. The second-order valence-electron chi connectivity index (χ2n) is 7.96. The number of nitrogens with zero attached hydrogens (tertiary/aromatic N) is 1. The summed E-state index contributed by atoms with van der Waals surface area (Å²) < 4.78 is 6.05. The average Bonchev–Trinajstić information content (AvgIpc) is 2.84. The number of anilines is 1. The van der Waals surface area contributed by atoms with Gasteiger partial charge in [0.25, 0.3) is 5.91 Å². The minimum absolute atomic E-state index is 0.0377. The molecular weight excluding hydrogens is 396 g/mol. The Morgan fingerprint density at radius 3 is 2.47 bits per heavy atom. The molecule has 0 saturated heterocycles. The second kappa shape index (κ2) is 8.75. The lowest BCUT2D eigenvalue weighted by molar-refractivity contribution is 0.0684. The van der Waals surface area contributed by atoms with Crippen molar-refractivity contribution >= 4 is 22.4 Å². The number of benzene rings is 4. The van der Waals surface area contributed by atoms with E-state index >= 15 is 0 Å². The minimum Gasteiger partial charge on any atom is -0.493 e. The number of carbonyl (C=O) groups is 1. The summed E-state index contributed by atoms with van der Waals surface area (Å²) in [7, 11) is 0. The van der Waals surface area contributed by atoms with Gasteiger partial charge in [-0.3, -0.25) is 4.79 Å². The summed E-state index contributed by atoms with van der Waals surface area (Å²) in [6.45, 7) is 3.15. The Balaban J connectivity index is 1.63. The molecule has 32 heavy (non-hydrogen) atoms. The normalized spacial score (nSPS) is 15.3. The van der Waals surface area contributed by atoms with E-state index in [2.05, 4.69) is 35.6 Å². The van der Waals surface area contributed by atoms with E-state index in [-0.39, 0.29) is 12.1 Å². The molecule has 1 aliphatic rings. The minimum atomic E-state index is -0.325. The summed E-state index contributed by atoms with van der Waals surface area (Å²) in [4.78, 5) is 15.6. The number of rotatable bonds is 6. The lowest BCUT2D eigenvalue weighted by Crippen LogP contribution is -2.44. The summed E-state index contributed by atoms with van der Waals surface area (Å²) >= 11 is 0. The Kier molecular flexibility index (Phi) is 5.51. The fraction of sp³-hybridized carbons (Fsp3) is 0.179. The molecule has 4 nitrogen and oxygen atoms in total. The molecule has 4 aromatic carbocycles. The maximum atomic E-state index is 13.7. The standard InChI is InChI=1S/C28H26N2O2/c1-2-32-25-17-16-21-12-6-7-13-22(21)26(25)27-29-24-15-9-8-14-23(24)28(31)30(27)19-18-20-10-4-3-5-11-20/h3-17,27,29H,2,18-19H2,1H3. The van der Waals surface area contributed by atoms with Crippen molar-refractivity contribution in [3.8, 4) is 5.75 Å². The first-order valence-electron chi connectivity index (χ1n) is 11.1. The van der Waals surface area contributed by atoms with E-state index in [1.807, 2.05) is 72.5 Å². The van der Waals surface area contributed by atoms with Crippen molar-refractivity contribution in [3.63, 3.8) is 0 Å². The third-order valence-electron chi connectivity index (χ3n) is 6.01. The van der Waals surface area contributed by atoms with Crippen molar-refractivity contribution in [2.45, 2.75) is 19.5 Å². The molecule has 1 heterocycles. The van der Waals surface area contributed by atoms with Gasteiger partial charge in [-0.1, -0.05) is 72.8 Å². The van der Waals surface area contributed by atoms with E-state index < -0.39 is 0 Å². The molecule has 1 amide bonds. The maximum Gasteiger partial charge on any atom is 0.257 e. The zero-order valence-corrected chi connectivity index (χ0v) is 18.1. The molecule has 5 rings (SSSR count). The van der Waals surface area contributed by atoms with Crippen LogP contribution in [-0.2, 0) is 6.42 Å². The van der Waals surface area contributed by atoms with Crippen molar-refractivity contribution in [1.29, 1.82) is 0 Å². The Morgan fingerprint density at radius 2 is 1.62 bits per heavy atom. The molecule has 1 unspecified atom stereocenters. The van der Waals surface area contributed by atoms with Crippen molar-refractivity contribution in [1.82, 2.24) is 4.90 Å². The molecule has 160 valence electrons. The first-order valence-corrected chi connectivity index (χ1v) is 11.1. The zero-order valence-electron chi connectivity index (χ0n) is 18.1. The molecule has 4 heteroatoms. The van der Waals surface area contributed by atoms with Gasteiger partial charge in [0, 0.05) is 17.8 Å². The molecule has 0 fully saturated rings. The predicted octanol–water partition coefficient (Wildman–Crippen LogP) is 6.05. The van der Waals surface area contributed by atoms with Crippen LogP contribution in [0.15, 0.2) is 91.0 Å². The van der Waals surface area contributed by atoms with Gasteiger partial charge in [-0.05, 0) is 47.9 Å². The van der Waals surface area contributed by atoms with Gasteiger partial charge in [0.15, 0.2) is 0 Å². The summed E-state index contributed by atoms with van der Waals surface area (Å²) in [5, 5.41) is 5.86. The van der Waals surface area contributed by atoms with Crippen LogP contribution >= 0.6 is 0 Å². The van der Waals surface area contributed by atoms with Crippen LogP contribution in [0.1, 0.15) is 34.6 Å². The van der Waals surface area contributed by atoms with Gasteiger partial charge in [0.1, 0.15) is 11.9 Å². The average molecular weight is 423 g/mol. The van der Waals surface area contributed by atoms with Crippen LogP contribution in [0.3, 0.4) is 0 Å². The van der Waals surface area contributed by atoms with Crippen molar-refractivity contribution < 1.29 is 9.53 Å². The molecule has 1 aliphatic heterocycles. The van der Waals surface area contributed by atoms with Gasteiger partial charge in [-0.15, -0.1) is 0 Å². The predicted molar refractivity (Wildman–Crippen MR) is 129 cm³/mol. The monoisotopic (exact) mass is 422 g/mol. The van der Waals surface area contributed by atoms with Gasteiger partial charge in [-0.2, -0.15) is 0 Å². The third kappa shape index (κ3) is 3.69. The molecule has 0 radical (unpaired) electrons. The molecule has 4 aromatic rings.